The number of nitrogens with one attached hydrogen (secondary N) is 1. The van der Waals surface area contributed by atoms with Crippen LogP contribution < -0.4 is 5.32 Å². The summed E-state index contributed by atoms with van der Waals surface area (Å²) in [4.78, 5) is 11.0. The molecule has 0 aliphatic heterocycles. The smallest absolute Gasteiger partial charge is 0.246 e. The Morgan fingerprint density at radius 2 is 2.23 bits per heavy atom. The number of hydrogen-bond donors (Lipinski definition) is 1. The van der Waals surface area contributed by atoms with E-state index in [4.69, 9.17) is 9.47 Å². The van der Waals surface area contributed by atoms with Crippen LogP contribution in [-0.4, -0.2) is 38.4 Å². The van der Waals surface area contributed by atoms with Gasteiger partial charge in [-0.15, -0.1) is 0 Å². The zero-order valence-corrected chi connectivity index (χ0v) is 8.21. The van der Waals surface area contributed by atoms with Crippen molar-refractivity contribution in [1.29, 1.82) is 0 Å². The van der Waals surface area contributed by atoms with E-state index in [-0.39, 0.29) is 12.5 Å². The second kappa shape index (κ2) is 5.19. The van der Waals surface area contributed by atoms with Crippen molar-refractivity contribution < 1.29 is 14.3 Å². The molecule has 0 atom stereocenters. The summed E-state index contributed by atoms with van der Waals surface area (Å²) in [5.74, 6) is -0.0394. The van der Waals surface area contributed by atoms with E-state index in [9.17, 15) is 4.79 Å². The van der Waals surface area contributed by atoms with E-state index in [2.05, 4.69) is 5.32 Å². The molecule has 76 valence electrons. The molecule has 0 saturated heterocycles. The molecule has 4 nitrogen and oxygen atoms in total. The Morgan fingerprint density at radius 1 is 1.54 bits per heavy atom. The molecule has 1 aliphatic rings. The predicted octanol–water partition coefficient (Wildman–Crippen LogP) is 0.317. The van der Waals surface area contributed by atoms with Crippen LogP contribution in [0.3, 0.4) is 0 Å². The minimum absolute atomic E-state index is 0.0394. The third kappa shape index (κ3) is 3.32. The lowest BCUT2D eigenvalue weighted by atomic mass is 9.89. The average molecular weight is 187 g/mol. The van der Waals surface area contributed by atoms with Gasteiger partial charge in [0.1, 0.15) is 6.61 Å². The van der Waals surface area contributed by atoms with Crippen LogP contribution in [0.25, 0.3) is 0 Å². The molecular formula is C9H17NO3. The molecule has 0 unspecified atom stereocenters. The predicted molar refractivity (Wildman–Crippen MR) is 48.5 cm³/mol. The number of hydrogen-bond acceptors (Lipinski definition) is 3. The highest BCUT2D eigenvalue weighted by Crippen LogP contribution is 2.22. The van der Waals surface area contributed by atoms with E-state index in [0.717, 1.165) is 19.4 Å². The van der Waals surface area contributed by atoms with Gasteiger partial charge in [0, 0.05) is 19.8 Å². The molecular weight excluding hydrogens is 170 g/mol. The van der Waals surface area contributed by atoms with Crippen molar-refractivity contribution in [3.63, 3.8) is 0 Å². The highest BCUT2D eigenvalue weighted by atomic mass is 16.5. The number of amides is 1. The second-order valence-corrected chi connectivity index (χ2v) is 3.25. The second-order valence-electron chi connectivity index (χ2n) is 3.25. The van der Waals surface area contributed by atoms with E-state index in [1.807, 2.05) is 6.92 Å². The van der Waals surface area contributed by atoms with Crippen LogP contribution in [0.1, 0.15) is 19.8 Å². The SMILES string of the molecule is CCOC1CC(NC(=O)COC)C1. The molecule has 0 aromatic carbocycles. The normalized spacial score (nSPS) is 26.6. The van der Waals surface area contributed by atoms with Crippen molar-refractivity contribution >= 4 is 5.91 Å². The minimum Gasteiger partial charge on any atom is -0.378 e. The summed E-state index contributed by atoms with van der Waals surface area (Å²) in [6, 6.07) is 0.291. The first-order chi connectivity index (χ1) is 6.26. The fourth-order valence-corrected chi connectivity index (χ4v) is 1.46. The lowest BCUT2D eigenvalue weighted by molar-refractivity contribution is -0.127. The Bertz CT molecular complexity index is 166. The molecule has 0 heterocycles. The van der Waals surface area contributed by atoms with Crippen LogP contribution in [0.2, 0.25) is 0 Å². The number of methoxy groups -OCH3 is 1. The van der Waals surface area contributed by atoms with Gasteiger partial charge < -0.3 is 14.8 Å². The van der Waals surface area contributed by atoms with E-state index in [0.29, 0.717) is 12.1 Å². The van der Waals surface area contributed by atoms with Crippen LogP contribution in [0, 0.1) is 0 Å². The van der Waals surface area contributed by atoms with Gasteiger partial charge in [0.15, 0.2) is 0 Å². The fraction of sp³-hybridized carbons (Fsp3) is 0.889. The Balaban J connectivity index is 2.04. The summed E-state index contributed by atoms with van der Waals surface area (Å²) >= 11 is 0. The first-order valence-corrected chi connectivity index (χ1v) is 4.66. The zero-order valence-electron chi connectivity index (χ0n) is 8.21. The molecule has 13 heavy (non-hydrogen) atoms. The fourth-order valence-electron chi connectivity index (χ4n) is 1.46. The van der Waals surface area contributed by atoms with Crippen LogP contribution in [0.15, 0.2) is 0 Å². The highest BCUT2D eigenvalue weighted by molar-refractivity contribution is 5.77. The van der Waals surface area contributed by atoms with Crippen LogP contribution in [-0.2, 0) is 14.3 Å². The monoisotopic (exact) mass is 187 g/mol. The first kappa shape index (κ1) is 10.5. The van der Waals surface area contributed by atoms with Crippen LogP contribution in [0.4, 0.5) is 0 Å². The number of ether oxygens (including phenoxy) is 2. The van der Waals surface area contributed by atoms with E-state index >= 15 is 0 Å². The van der Waals surface area contributed by atoms with Gasteiger partial charge in [-0.1, -0.05) is 0 Å². The van der Waals surface area contributed by atoms with Gasteiger partial charge in [-0.05, 0) is 19.8 Å². The number of rotatable bonds is 5. The van der Waals surface area contributed by atoms with Crippen LogP contribution in [0.5, 0.6) is 0 Å². The Morgan fingerprint density at radius 3 is 2.77 bits per heavy atom. The van der Waals surface area contributed by atoms with Gasteiger partial charge in [0.05, 0.1) is 6.10 Å². The molecule has 0 spiro atoms. The molecule has 0 aromatic rings. The molecule has 0 radical (unpaired) electrons. The van der Waals surface area contributed by atoms with Gasteiger partial charge >= 0.3 is 0 Å². The van der Waals surface area contributed by atoms with Crippen molar-refractivity contribution in [2.75, 3.05) is 20.3 Å². The van der Waals surface area contributed by atoms with Crippen molar-refractivity contribution in [2.24, 2.45) is 0 Å². The van der Waals surface area contributed by atoms with Gasteiger partial charge in [-0.3, -0.25) is 4.79 Å². The third-order valence-electron chi connectivity index (χ3n) is 2.14. The molecule has 0 aromatic heterocycles. The van der Waals surface area contributed by atoms with Gasteiger partial charge in [0.25, 0.3) is 0 Å². The molecule has 1 rings (SSSR count). The lowest BCUT2D eigenvalue weighted by Gasteiger charge is -2.35. The summed E-state index contributed by atoms with van der Waals surface area (Å²) in [6.45, 7) is 2.88. The number of carbonyl (C=O) groups excluding carboxylic acids is 1. The minimum atomic E-state index is -0.0394. The van der Waals surface area contributed by atoms with Crippen molar-refractivity contribution in [1.82, 2.24) is 5.32 Å². The number of carbonyl (C=O) groups is 1. The standard InChI is InChI=1S/C9H17NO3/c1-3-13-8-4-7(5-8)10-9(11)6-12-2/h7-8H,3-6H2,1-2H3,(H,10,11). The maximum atomic E-state index is 11.0. The molecule has 1 N–H and O–H groups in total. The van der Waals surface area contributed by atoms with Gasteiger partial charge in [-0.25, -0.2) is 0 Å². The lowest BCUT2D eigenvalue weighted by Crippen LogP contribution is -2.48. The topological polar surface area (TPSA) is 47.6 Å². The zero-order chi connectivity index (χ0) is 9.68. The summed E-state index contributed by atoms with van der Waals surface area (Å²) in [6.07, 6.45) is 2.21. The van der Waals surface area contributed by atoms with Gasteiger partial charge in [-0.2, -0.15) is 0 Å². The molecule has 1 aliphatic carbocycles. The maximum absolute atomic E-state index is 11.0. The van der Waals surface area contributed by atoms with Crippen molar-refractivity contribution in [2.45, 2.75) is 31.9 Å². The van der Waals surface area contributed by atoms with E-state index in [1.165, 1.54) is 7.11 Å². The summed E-state index contributed by atoms with van der Waals surface area (Å²) in [7, 11) is 1.52. The Kier molecular flexibility index (Phi) is 4.18. The summed E-state index contributed by atoms with van der Waals surface area (Å²) in [5, 5.41) is 2.86. The van der Waals surface area contributed by atoms with Crippen LogP contribution >= 0.6 is 0 Å². The Labute approximate surface area is 78.6 Å². The first-order valence-electron chi connectivity index (χ1n) is 4.66. The molecule has 1 fully saturated rings. The highest BCUT2D eigenvalue weighted by Gasteiger charge is 2.30. The molecule has 1 amide bonds. The summed E-state index contributed by atoms with van der Waals surface area (Å²) < 4.78 is 10.1. The third-order valence-corrected chi connectivity index (χ3v) is 2.14. The quantitative estimate of drug-likeness (QED) is 0.674. The molecule has 4 heteroatoms. The van der Waals surface area contributed by atoms with Gasteiger partial charge in [0.2, 0.25) is 5.91 Å². The largest absolute Gasteiger partial charge is 0.378 e. The Hall–Kier alpha value is -0.610. The summed E-state index contributed by atoms with van der Waals surface area (Å²) in [5.41, 5.74) is 0. The molecule has 1 saturated carbocycles. The average Bonchev–Trinajstić information content (AvgIpc) is 2.01. The van der Waals surface area contributed by atoms with E-state index < -0.39 is 0 Å². The van der Waals surface area contributed by atoms with E-state index in [1.54, 1.807) is 0 Å². The van der Waals surface area contributed by atoms with Crippen molar-refractivity contribution in [3.8, 4) is 0 Å². The van der Waals surface area contributed by atoms with Crippen molar-refractivity contribution in [3.05, 3.63) is 0 Å². The molecule has 0 bridgehead atoms. The maximum Gasteiger partial charge on any atom is 0.246 e.